The molecule has 2 unspecified atom stereocenters. The Bertz CT molecular complexity index is 979. The van der Waals surface area contributed by atoms with E-state index in [0.717, 1.165) is 48.2 Å². The van der Waals surface area contributed by atoms with Gasteiger partial charge >= 0.3 is 0 Å². The maximum atomic E-state index is 9.28. The van der Waals surface area contributed by atoms with Crippen LogP contribution in [0.25, 0.3) is 5.57 Å². The van der Waals surface area contributed by atoms with E-state index in [2.05, 4.69) is 55.6 Å². The highest BCUT2D eigenvalue weighted by Gasteiger charge is 2.55. The Kier molecular flexibility index (Phi) is 6.85. The molecule has 0 bridgehead atoms. The Morgan fingerprint density at radius 2 is 2.03 bits per heavy atom. The first-order valence-electron chi connectivity index (χ1n) is 12.0. The number of pyridine rings is 1. The van der Waals surface area contributed by atoms with Crippen LogP contribution in [0.4, 0.5) is 5.82 Å². The van der Waals surface area contributed by atoms with E-state index in [-0.39, 0.29) is 0 Å². The summed E-state index contributed by atoms with van der Waals surface area (Å²) in [7, 11) is 0. The third-order valence-electron chi connectivity index (χ3n) is 7.52. The minimum atomic E-state index is 0.338. The molecule has 5 heteroatoms. The fourth-order valence-electron chi connectivity index (χ4n) is 5.22. The molecule has 5 rings (SSSR count). The monoisotopic (exact) mass is 434 g/mol. The molecule has 0 radical (unpaired) electrons. The quantitative estimate of drug-likeness (QED) is 0.666. The second-order valence-electron chi connectivity index (χ2n) is 9.99. The highest BCUT2D eigenvalue weighted by molar-refractivity contribution is 5.59. The van der Waals surface area contributed by atoms with Crippen molar-refractivity contribution in [3.63, 3.8) is 0 Å². The summed E-state index contributed by atoms with van der Waals surface area (Å²) in [5.74, 6) is 3.89. The lowest BCUT2D eigenvalue weighted by atomic mass is 10.1. The van der Waals surface area contributed by atoms with E-state index in [4.69, 9.17) is 4.98 Å². The summed E-state index contributed by atoms with van der Waals surface area (Å²) >= 11 is 0. The molecule has 3 aliphatic rings. The molecular formula is C27H38N4O. The molecule has 3 heterocycles. The lowest BCUT2D eigenvalue weighted by Crippen LogP contribution is -2.25. The molecule has 0 aromatic carbocycles. The molecule has 3 fully saturated rings. The van der Waals surface area contributed by atoms with E-state index in [1.165, 1.54) is 24.8 Å². The largest absolute Gasteiger partial charge is 0.396 e. The number of aromatic nitrogens is 3. The normalized spacial score (nSPS) is 27.3. The van der Waals surface area contributed by atoms with Crippen molar-refractivity contribution in [1.82, 2.24) is 14.8 Å². The number of allylic oxidation sites excluding steroid dienone is 3. The number of fused-ring (bicyclic) bond motifs is 1. The van der Waals surface area contributed by atoms with Crippen molar-refractivity contribution in [2.45, 2.75) is 53.5 Å². The van der Waals surface area contributed by atoms with Crippen molar-refractivity contribution in [1.29, 1.82) is 0 Å². The maximum Gasteiger partial charge on any atom is 0.128 e. The van der Waals surface area contributed by atoms with Crippen molar-refractivity contribution in [3.8, 4) is 0 Å². The van der Waals surface area contributed by atoms with Crippen molar-refractivity contribution in [3.05, 3.63) is 59.6 Å². The topological polar surface area (TPSA) is 54.2 Å². The molecule has 32 heavy (non-hydrogen) atoms. The number of nitrogens with zero attached hydrogens (tertiary/aromatic N) is 4. The first-order chi connectivity index (χ1) is 15.4. The van der Waals surface area contributed by atoms with Crippen LogP contribution in [0.3, 0.4) is 0 Å². The fourth-order valence-corrected chi connectivity index (χ4v) is 5.22. The summed E-state index contributed by atoms with van der Waals surface area (Å²) in [6.07, 6.45) is 10.3. The molecule has 1 N–H and O–H groups in total. The van der Waals surface area contributed by atoms with Gasteiger partial charge in [0.15, 0.2) is 0 Å². The van der Waals surface area contributed by atoms with Gasteiger partial charge in [0.05, 0.1) is 12.7 Å². The van der Waals surface area contributed by atoms with E-state index in [9.17, 15) is 5.11 Å². The minimum absolute atomic E-state index is 0.338. The molecule has 4 atom stereocenters. The average Bonchev–Trinajstić information content (AvgIpc) is 3.23. The minimum Gasteiger partial charge on any atom is -0.396 e. The second-order valence-corrected chi connectivity index (χ2v) is 9.99. The van der Waals surface area contributed by atoms with Gasteiger partial charge in [0.25, 0.3) is 0 Å². The molecule has 1 saturated heterocycles. The van der Waals surface area contributed by atoms with Crippen LogP contribution in [0.2, 0.25) is 0 Å². The number of rotatable bonds is 5. The summed E-state index contributed by atoms with van der Waals surface area (Å²) < 4.78 is 1.94. The van der Waals surface area contributed by atoms with Gasteiger partial charge in [-0.25, -0.2) is 4.98 Å². The third kappa shape index (κ3) is 4.98. The van der Waals surface area contributed by atoms with Crippen LogP contribution in [0.5, 0.6) is 0 Å². The molecule has 0 spiro atoms. The van der Waals surface area contributed by atoms with Crippen molar-refractivity contribution in [2.24, 2.45) is 23.7 Å². The van der Waals surface area contributed by atoms with Gasteiger partial charge in [-0.3, -0.25) is 4.68 Å². The van der Waals surface area contributed by atoms with E-state index in [1.807, 2.05) is 24.0 Å². The van der Waals surface area contributed by atoms with E-state index in [1.54, 1.807) is 5.57 Å². The molecule has 1 aliphatic heterocycles. The molecule has 5 nitrogen and oxygen atoms in total. The smallest absolute Gasteiger partial charge is 0.128 e. The Balaban J connectivity index is 0.000000260. The summed E-state index contributed by atoms with van der Waals surface area (Å²) in [5.41, 5.74) is 6.01. The molecule has 0 amide bonds. The molecule has 172 valence electrons. The van der Waals surface area contributed by atoms with Gasteiger partial charge in [-0.2, -0.15) is 5.10 Å². The van der Waals surface area contributed by atoms with Crippen LogP contribution in [-0.4, -0.2) is 39.6 Å². The van der Waals surface area contributed by atoms with Gasteiger partial charge in [0.2, 0.25) is 0 Å². The molecule has 2 aromatic rings. The summed E-state index contributed by atoms with van der Waals surface area (Å²) in [4.78, 5) is 7.16. The molecule has 2 saturated carbocycles. The maximum absolute atomic E-state index is 9.28. The fraction of sp³-hybridized carbons (Fsp3) is 0.556. The van der Waals surface area contributed by atoms with Crippen LogP contribution < -0.4 is 4.90 Å². The van der Waals surface area contributed by atoms with Crippen LogP contribution in [0.1, 0.15) is 56.9 Å². The Hall–Kier alpha value is -2.40. The highest BCUT2D eigenvalue weighted by Crippen LogP contribution is 2.51. The zero-order valence-corrected chi connectivity index (χ0v) is 20.1. The molecule has 2 aliphatic carbocycles. The number of piperidine rings is 1. The van der Waals surface area contributed by atoms with Crippen LogP contribution in [-0.2, 0) is 6.54 Å². The van der Waals surface area contributed by atoms with E-state index in [0.29, 0.717) is 24.4 Å². The predicted octanol–water partition coefficient (Wildman–Crippen LogP) is 5.10. The van der Waals surface area contributed by atoms with Crippen molar-refractivity contribution in [2.75, 3.05) is 24.6 Å². The summed E-state index contributed by atoms with van der Waals surface area (Å²) in [6.45, 7) is 15.6. The van der Waals surface area contributed by atoms with Gasteiger partial charge in [-0.1, -0.05) is 31.2 Å². The molecule has 2 aromatic heterocycles. The predicted molar refractivity (Wildman–Crippen MR) is 132 cm³/mol. The first-order valence-corrected chi connectivity index (χ1v) is 12.0. The summed E-state index contributed by atoms with van der Waals surface area (Å²) in [5, 5.41) is 13.7. The highest BCUT2D eigenvalue weighted by atomic mass is 16.3. The standard InChI is InChI=1S/C19H24N4O.C8H14/c1-12(2)15-6-20-23(8-15)7-14-4-5-19(21-13(14)3)22-9-16-17(10-22)18(16)11-24;1-3-8-5-4-7(2)6-8/h4-6,8,16-18,24H,1,7,9-11H2,2-3H3;3,7H,4-6H2,1-2H3/b;8-3+/t16-,17+,18?;. The summed E-state index contributed by atoms with van der Waals surface area (Å²) in [6, 6.07) is 4.28. The van der Waals surface area contributed by atoms with Gasteiger partial charge in [-0.05, 0) is 80.9 Å². The van der Waals surface area contributed by atoms with Crippen molar-refractivity contribution >= 4 is 11.4 Å². The molecular weight excluding hydrogens is 396 g/mol. The number of aliphatic hydroxyl groups excluding tert-OH is 1. The zero-order chi connectivity index (χ0) is 22.8. The number of aliphatic hydroxyl groups is 1. The number of hydrogen-bond acceptors (Lipinski definition) is 4. The first kappa shape index (κ1) is 22.8. The second kappa shape index (κ2) is 9.62. The van der Waals surface area contributed by atoms with Gasteiger partial charge in [-0.15, -0.1) is 0 Å². The van der Waals surface area contributed by atoms with E-state index >= 15 is 0 Å². The zero-order valence-electron chi connectivity index (χ0n) is 20.1. The Morgan fingerprint density at radius 1 is 1.28 bits per heavy atom. The number of hydrogen-bond donors (Lipinski definition) is 1. The lowest BCUT2D eigenvalue weighted by Gasteiger charge is -2.21. The third-order valence-corrected chi connectivity index (χ3v) is 7.52. The van der Waals surface area contributed by atoms with Gasteiger partial charge < -0.3 is 10.0 Å². The average molecular weight is 435 g/mol. The van der Waals surface area contributed by atoms with E-state index < -0.39 is 0 Å². The van der Waals surface area contributed by atoms with Crippen LogP contribution in [0, 0.1) is 30.6 Å². The van der Waals surface area contributed by atoms with Gasteiger partial charge in [0.1, 0.15) is 5.82 Å². The number of aryl methyl sites for hydroxylation is 1. The van der Waals surface area contributed by atoms with Gasteiger partial charge in [0, 0.05) is 37.2 Å². The van der Waals surface area contributed by atoms with Crippen LogP contribution in [0.15, 0.2) is 42.8 Å². The van der Waals surface area contributed by atoms with Crippen molar-refractivity contribution < 1.29 is 5.11 Å². The van der Waals surface area contributed by atoms with Crippen LogP contribution >= 0.6 is 0 Å². The SMILES string of the molecule is C/C=C1\CCC(C)C1.C=C(C)c1cnn(Cc2ccc(N3C[C@@H]4C(CO)[C@@H]4C3)nc2C)c1. The Morgan fingerprint density at radius 3 is 2.53 bits per heavy atom. The Labute approximate surface area is 192 Å². The lowest BCUT2D eigenvalue weighted by molar-refractivity contribution is 0.260. The number of anilines is 1.